The molecule has 3 rings (SSSR count). The molecule has 0 saturated carbocycles. The normalized spacial score (nSPS) is 15.3. The van der Waals surface area contributed by atoms with Crippen molar-refractivity contribution in [3.63, 3.8) is 0 Å². The van der Waals surface area contributed by atoms with Gasteiger partial charge in [0.25, 0.3) is 0 Å². The summed E-state index contributed by atoms with van der Waals surface area (Å²) in [5.41, 5.74) is 2.02. The third-order valence-corrected chi connectivity index (χ3v) is 5.77. The van der Waals surface area contributed by atoms with Gasteiger partial charge in [-0.25, -0.2) is 0 Å². The first-order valence-electron chi connectivity index (χ1n) is 10.00. The minimum Gasteiger partial charge on any atom is -0.466 e. The molecule has 1 saturated heterocycles. The molecule has 2 N–H and O–H groups in total. The molecular weight excluding hydrogens is 390 g/mol. The Morgan fingerprint density at radius 2 is 1.79 bits per heavy atom. The lowest BCUT2D eigenvalue weighted by Gasteiger charge is -2.31. The second-order valence-electron chi connectivity index (χ2n) is 7.64. The van der Waals surface area contributed by atoms with E-state index >= 15 is 0 Å². The fourth-order valence-corrected chi connectivity index (χ4v) is 3.85. The van der Waals surface area contributed by atoms with Crippen molar-refractivity contribution < 1.29 is 14.0 Å². The van der Waals surface area contributed by atoms with Gasteiger partial charge in [-0.3, -0.25) is 14.5 Å². The first-order chi connectivity index (χ1) is 13.9. The fourth-order valence-electron chi connectivity index (χ4n) is 3.64. The van der Waals surface area contributed by atoms with Gasteiger partial charge in [-0.1, -0.05) is 29.8 Å². The summed E-state index contributed by atoms with van der Waals surface area (Å²) in [5.74, 6) is 1.10. The molecule has 0 aliphatic carbocycles. The van der Waals surface area contributed by atoms with Crippen LogP contribution in [0.1, 0.15) is 35.5 Å². The van der Waals surface area contributed by atoms with Gasteiger partial charge < -0.3 is 15.1 Å². The van der Waals surface area contributed by atoms with E-state index in [1.807, 2.05) is 32.0 Å². The highest BCUT2D eigenvalue weighted by atomic mass is 35.5. The highest BCUT2D eigenvalue weighted by Gasteiger charge is 2.22. The van der Waals surface area contributed by atoms with E-state index < -0.39 is 11.8 Å². The summed E-state index contributed by atoms with van der Waals surface area (Å²) in [5, 5.41) is 5.95. The van der Waals surface area contributed by atoms with Gasteiger partial charge in [0.15, 0.2) is 0 Å². The Morgan fingerprint density at radius 3 is 2.45 bits per heavy atom. The monoisotopic (exact) mass is 417 g/mol. The van der Waals surface area contributed by atoms with E-state index in [0.717, 1.165) is 49.6 Å². The Hall–Kier alpha value is -2.31. The molecule has 7 heteroatoms. The van der Waals surface area contributed by atoms with E-state index in [1.54, 1.807) is 6.07 Å². The van der Waals surface area contributed by atoms with Crippen LogP contribution >= 0.6 is 11.6 Å². The molecule has 1 aromatic carbocycles. The van der Waals surface area contributed by atoms with Gasteiger partial charge in [0.2, 0.25) is 0 Å². The quantitative estimate of drug-likeness (QED) is 0.708. The molecule has 0 unspecified atom stereocenters. The summed E-state index contributed by atoms with van der Waals surface area (Å²) >= 11 is 6.06. The molecule has 1 aromatic heterocycles. The molecule has 2 amide bonds. The number of nitrogens with one attached hydrogen (secondary N) is 2. The molecular formula is C22H28ClN3O3. The van der Waals surface area contributed by atoms with E-state index in [0.29, 0.717) is 17.5 Å². The van der Waals surface area contributed by atoms with E-state index in [2.05, 4.69) is 21.6 Å². The zero-order chi connectivity index (χ0) is 20.8. The molecule has 1 aliphatic heterocycles. The molecule has 1 aliphatic rings. The van der Waals surface area contributed by atoms with E-state index in [4.69, 9.17) is 16.0 Å². The topological polar surface area (TPSA) is 74.6 Å². The van der Waals surface area contributed by atoms with Gasteiger partial charge in [0.1, 0.15) is 11.5 Å². The summed E-state index contributed by atoms with van der Waals surface area (Å²) in [4.78, 5) is 26.5. The number of carbonyl (C=O) groups is 2. The summed E-state index contributed by atoms with van der Waals surface area (Å²) in [6, 6.07) is 9.34. The number of hydrogen-bond donors (Lipinski definition) is 2. The lowest BCUT2D eigenvalue weighted by molar-refractivity contribution is -0.139. The van der Waals surface area contributed by atoms with Crippen molar-refractivity contribution in [2.24, 2.45) is 5.92 Å². The van der Waals surface area contributed by atoms with Crippen LogP contribution in [-0.4, -0.2) is 36.3 Å². The van der Waals surface area contributed by atoms with Crippen LogP contribution in [0.3, 0.4) is 0 Å². The minimum absolute atomic E-state index is 0.233. The number of halogens is 1. The summed E-state index contributed by atoms with van der Waals surface area (Å²) in [6.45, 7) is 7.57. The van der Waals surface area contributed by atoms with Crippen LogP contribution in [0.5, 0.6) is 0 Å². The van der Waals surface area contributed by atoms with Gasteiger partial charge in [0, 0.05) is 30.2 Å². The first kappa shape index (κ1) is 21.4. The Balaban J connectivity index is 1.36. The van der Waals surface area contributed by atoms with E-state index in [9.17, 15) is 9.59 Å². The predicted molar refractivity (Wildman–Crippen MR) is 112 cm³/mol. The lowest BCUT2D eigenvalue weighted by atomic mass is 9.96. The Kier molecular flexibility index (Phi) is 7.34. The molecule has 29 heavy (non-hydrogen) atoms. The number of likely N-dealkylation sites (tertiary alicyclic amines) is 1. The average Bonchev–Trinajstić information content (AvgIpc) is 3.03. The molecule has 1 fully saturated rings. The molecule has 2 heterocycles. The van der Waals surface area contributed by atoms with Crippen molar-refractivity contribution in [2.75, 3.05) is 19.6 Å². The van der Waals surface area contributed by atoms with Crippen LogP contribution in [0.4, 0.5) is 0 Å². The van der Waals surface area contributed by atoms with Crippen molar-refractivity contribution in [1.29, 1.82) is 0 Å². The Labute approximate surface area is 176 Å². The lowest BCUT2D eigenvalue weighted by Crippen LogP contribution is -2.43. The maximum atomic E-state index is 12.1. The third kappa shape index (κ3) is 6.08. The number of furan rings is 1. The summed E-state index contributed by atoms with van der Waals surface area (Å²) in [6.07, 6.45) is 1.99. The third-order valence-electron chi connectivity index (χ3n) is 5.40. The van der Waals surface area contributed by atoms with Gasteiger partial charge in [-0.15, -0.1) is 0 Å². The predicted octanol–water partition coefficient (Wildman–Crippen LogP) is 3.19. The van der Waals surface area contributed by atoms with E-state index in [1.165, 1.54) is 5.56 Å². The number of benzene rings is 1. The standard InChI is InChI=1S/C22H28ClN3O3/c1-15-11-19(16(2)29-15)14-26-9-7-17(8-10-26)12-24-21(27)22(28)25-13-18-5-3-4-6-20(18)23/h3-6,11,17H,7-10,12-14H2,1-2H3,(H,24,27)(H,25,28). The summed E-state index contributed by atoms with van der Waals surface area (Å²) in [7, 11) is 0. The Morgan fingerprint density at radius 1 is 1.10 bits per heavy atom. The van der Waals surface area contributed by atoms with Gasteiger partial charge in [-0.05, 0) is 63.4 Å². The maximum absolute atomic E-state index is 12.1. The summed E-state index contributed by atoms with van der Waals surface area (Å²) < 4.78 is 5.60. The number of carbonyl (C=O) groups excluding carboxylic acids is 2. The van der Waals surface area contributed by atoms with Crippen LogP contribution < -0.4 is 10.6 Å². The SMILES string of the molecule is Cc1cc(CN2CCC(CNC(=O)C(=O)NCc3ccccc3Cl)CC2)c(C)o1. The molecule has 0 spiro atoms. The zero-order valence-corrected chi connectivity index (χ0v) is 17.7. The second kappa shape index (κ2) is 9.94. The largest absolute Gasteiger partial charge is 0.466 e. The highest BCUT2D eigenvalue weighted by Crippen LogP contribution is 2.21. The molecule has 0 radical (unpaired) electrons. The van der Waals surface area contributed by atoms with E-state index in [-0.39, 0.29) is 6.54 Å². The van der Waals surface area contributed by atoms with Gasteiger partial charge in [0.05, 0.1) is 0 Å². The highest BCUT2D eigenvalue weighted by molar-refractivity contribution is 6.35. The van der Waals surface area contributed by atoms with Crippen molar-refractivity contribution >= 4 is 23.4 Å². The van der Waals surface area contributed by atoms with Crippen LogP contribution in [-0.2, 0) is 22.7 Å². The Bertz CT molecular complexity index is 857. The van der Waals surface area contributed by atoms with Crippen LogP contribution in [0, 0.1) is 19.8 Å². The van der Waals surface area contributed by atoms with Crippen molar-refractivity contribution in [1.82, 2.24) is 15.5 Å². The number of aryl methyl sites for hydroxylation is 2. The van der Waals surface area contributed by atoms with Gasteiger partial charge in [-0.2, -0.15) is 0 Å². The molecule has 6 nitrogen and oxygen atoms in total. The number of nitrogens with zero attached hydrogens (tertiary/aromatic N) is 1. The second-order valence-corrected chi connectivity index (χ2v) is 8.05. The number of rotatable bonds is 6. The van der Waals surface area contributed by atoms with Crippen LogP contribution in [0.15, 0.2) is 34.7 Å². The van der Waals surface area contributed by atoms with Crippen molar-refractivity contribution in [3.05, 3.63) is 58.0 Å². The van der Waals surface area contributed by atoms with Crippen LogP contribution in [0.25, 0.3) is 0 Å². The van der Waals surface area contributed by atoms with Crippen molar-refractivity contribution in [2.45, 2.75) is 39.8 Å². The zero-order valence-electron chi connectivity index (χ0n) is 17.0. The number of piperidine rings is 1. The first-order valence-corrected chi connectivity index (χ1v) is 10.4. The fraction of sp³-hybridized carbons (Fsp3) is 0.455. The van der Waals surface area contributed by atoms with Gasteiger partial charge >= 0.3 is 11.8 Å². The molecule has 156 valence electrons. The minimum atomic E-state index is -0.631. The molecule has 0 bridgehead atoms. The number of hydrogen-bond acceptors (Lipinski definition) is 4. The smallest absolute Gasteiger partial charge is 0.309 e. The van der Waals surface area contributed by atoms with Crippen molar-refractivity contribution in [3.8, 4) is 0 Å². The average molecular weight is 418 g/mol. The molecule has 0 atom stereocenters. The number of amides is 2. The maximum Gasteiger partial charge on any atom is 0.309 e. The van der Waals surface area contributed by atoms with Crippen LogP contribution in [0.2, 0.25) is 5.02 Å². The molecule has 2 aromatic rings.